The summed E-state index contributed by atoms with van der Waals surface area (Å²) in [5.74, 6) is 0.0263. The van der Waals surface area contributed by atoms with E-state index in [4.69, 9.17) is 10.5 Å². The van der Waals surface area contributed by atoms with E-state index in [1.165, 1.54) is 6.26 Å². The first kappa shape index (κ1) is 7.85. The molecule has 0 aromatic heterocycles. The molecule has 1 unspecified atom stereocenters. The van der Waals surface area contributed by atoms with Crippen molar-refractivity contribution in [3.63, 3.8) is 0 Å². The van der Waals surface area contributed by atoms with Crippen LogP contribution in [0.25, 0.3) is 0 Å². The quantitative estimate of drug-likeness (QED) is 0.641. The lowest BCUT2D eigenvalue weighted by Gasteiger charge is -2.11. The van der Waals surface area contributed by atoms with Crippen LogP contribution < -0.4 is 5.73 Å². The number of carbonyl (C=O) groups is 1. The lowest BCUT2D eigenvalue weighted by Crippen LogP contribution is -2.17. The fourth-order valence-electron chi connectivity index (χ4n) is 0.897. The number of carbonyl (C=O) groups excluding carboxylic acids is 1. The molecule has 0 aliphatic carbocycles. The molecule has 11 heavy (non-hydrogen) atoms. The summed E-state index contributed by atoms with van der Waals surface area (Å²) in [7, 11) is 0. The molecule has 3 heteroatoms. The van der Waals surface area contributed by atoms with Gasteiger partial charge in [0.15, 0.2) is 5.76 Å². The van der Waals surface area contributed by atoms with Gasteiger partial charge in [0.1, 0.15) is 0 Å². The molecule has 0 aromatic carbocycles. The molecule has 2 N–H and O–H groups in total. The molecule has 1 rings (SSSR count). The second kappa shape index (κ2) is 3.23. The number of primary amides is 1. The van der Waals surface area contributed by atoms with Crippen LogP contribution in [0.2, 0.25) is 0 Å². The van der Waals surface area contributed by atoms with E-state index in [0.29, 0.717) is 0 Å². The summed E-state index contributed by atoms with van der Waals surface area (Å²) in [6, 6.07) is 0. The normalized spacial score (nSPS) is 22.3. The van der Waals surface area contributed by atoms with Gasteiger partial charge < -0.3 is 10.5 Å². The third-order valence-corrected chi connectivity index (χ3v) is 1.60. The molecule has 0 aromatic rings. The van der Waals surface area contributed by atoms with Crippen LogP contribution in [0, 0.1) is 5.92 Å². The van der Waals surface area contributed by atoms with Gasteiger partial charge in [-0.05, 0) is 18.6 Å². The summed E-state index contributed by atoms with van der Waals surface area (Å²) in [4.78, 5) is 10.6. The molecule has 0 spiro atoms. The highest BCUT2D eigenvalue weighted by Crippen LogP contribution is 2.15. The Hall–Kier alpha value is -1.25. The van der Waals surface area contributed by atoms with Gasteiger partial charge in [-0.1, -0.05) is 6.92 Å². The lowest BCUT2D eigenvalue weighted by molar-refractivity contribution is -0.117. The summed E-state index contributed by atoms with van der Waals surface area (Å²) in [6.07, 6.45) is 6.10. The Kier molecular flexibility index (Phi) is 2.31. The Balaban J connectivity index is 2.69. The SMILES string of the molecule is CCC1C=COC(C(N)=O)=C1. The van der Waals surface area contributed by atoms with Crippen molar-refractivity contribution in [3.8, 4) is 0 Å². The van der Waals surface area contributed by atoms with Crippen molar-refractivity contribution in [1.82, 2.24) is 0 Å². The molecular formula is C8H11NO2. The van der Waals surface area contributed by atoms with Crippen molar-refractivity contribution in [2.24, 2.45) is 11.7 Å². The zero-order valence-corrected chi connectivity index (χ0v) is 6.41. The summed E-state index contributed by atoms with van der Waals surface area (Å²) < 4.78 is 4.88. The highest BCUT2D eigenvalue weighted by molar-refractivity contribution is 5.90. The summed E-state index contributed by atoms with van der Waals surface area (Å²) in [6.45, 7) is 2.04. The fraction of sp³-hybridized carbons (Fsp3) is 0.375. The number of allylic oxidation sites excluding steroid dienone is 2. The summed E-state index contributed by atoms with van der Waals surface area (Å²) in [5, 5.41) is 0. The van der Waals surface area contributed by atoms with Crippen LogP contribution in [0.1, 0.15) is 13.3 Å². The molecule has 0 bridgehead atoms. The molecule has 0 fully saturated rings. The average molecular weight is 153 g/mol. The molecule has 3 nitrogen and oxygen atoms in total. The van der Waals surface area contributed by atoms with Crippen LogP contribution in [0.4, 0.5) is 0 Å². The minimum atomic E-state index is -0.507. The summed E-state index contributed by atoms with van der Waals surface area (Å²) in [5.41, 5.74) is 5.02. The predicted octanol–water partition coefficient (Wildman–Crippen LogP) is 0.926. The molecule has 0 saturated carbocycles. The second-order valence-electron chi connectivity index (χ2n) is 2.41. The van der Waals surface area contributed by atoms with Crippen molar-refractivity contribution in [2.75, 3.05) is 0 Å². The maximum atomic E-state index is 10.6. The van der Waals surface area contributed by atoms with E-state index in [9.17, 15) is 4.79 Å². The van der Waals surface area contributed by atoms with Crippen LogP contribution in [0.15, 0.2) is 24.2 Å². The lowest BCUT2D eigenvalue weighted by atomic mass is 10.0. The van der Waals surface area contributed by atoms with Crippen molar-refractivity contribution >= 4 is 5.91 Å². The topological polar surface area (TPSA) is 52.3 Å². The second-order valence-corrected chi connectivity index (χ2v) is 2.41. The Morgan fingerprint density at radius 1 is 1.82 bits per heavy atom. The van der Waals surface area contributed by atoms with Gasteiger partial charge in [-0.25, -0.2) is 0 Å². The first-order valence-corrected chi connectivity index (χ1v) is 3.59. The highest BCUT2D eigenvalue weighted by atomic mass is 16.5. The molecule has 1 aliphatic rings. The molecule has 1 aliphatic heterocycles. The summed E-state index contributed by atoms with van der Waals surface area (Å²) >= 11 is 0. The molecule has 1 amide bonds. The van der Waals surface area contributed by atoms with E-state index in [1.54, 1.807) is 6.08 Å². The number of ether oxygens (including phenoxy) is 1. The molecule has 0 radical (unpaired) electrons. The highest BCUT2D eigenvalue weighted by Gasteiger charge is 2.11. The van der Waals surface area contributed by atoms with Crippen LogP contribution >= 0.6 is 0 Å². The molecular weight excluding hydrogens is 142 g/mol. The van der Waals surface area contributed by atoms with E-state index in [2.05, 4.69) is 0 Å². The largest absolute Gasteiger partial charge is 0.460 e. The van der Waals surface area contributed by atoms with Crippen LogP contribution in [-0.4, -0.2) is 5.91 Å². The zero-order valence-electron chi connectivity index (χ0n) is 6.41. The molecule has 60 valence electrons. The van der Waals surface area contributed by atoms with Gasteiger partial charge in [-0.3, -0.25) is 4.79 Å². The van der Waals surface area contributed by atoms with E-state index in [-0.39, 0.29) is 11.7 Å². The Morgan fingerprint density at radius 3 is 3.09 bits per heavy atom. The maximum absolute atomic E-state index is 10.6. The molecule has 0 saturated heterocycles. The third kappa shape index (κ3) is 1.83. The number of nitrogens with two attached hydrogens (primary N) is 1. The zero-order chi connectivity index (χ0) is 8.27. The van der Waals surface area contributed by atoms with Crippen molar-refractivity contribution in [3.05, 3.63) is 24.2 Å². The monoisotopic (exact) mass is 153 g/mol. The Bertz CT molecular complexity index is 218. The van der Waals surface area contributed by atoms with Crippen molar-refractivity contribution in [2.45, 2.75) is 13.3 Å². The van der Waals surface area contributed by atoms with E-state index in [0.717, 1.165) is 6.42 Å². The Labute approximate surface area is 65.5 Å². The van der Waals surface area contributed by atoms with Gasteiger partial charge in [-0.15, -0.1) is 0 Å². The van der Waals surface area contributed by atoms with Crippen LogP contribution in [-0.2, 0) is 9.53 Å². The van der Waals surface area contributed by atoms with Gasteiger partial charge in [0.25, 0.3) is 5.91 Å². The molecule has 1 atom stereocenters. The average Bonchev–Trinajstić information content (AvgIpc) is 2.05. The van der Waals surface area contributed by atoms with Gasteiger partial charge in [0, 0.05) is 5.92 Å². The predicted molar refractivity (Wildman–Crippen MR) is 41.3 cm³/mol. The number of hydrogen-bond donors (Lipinski definition) is 1. The van der Waals surface area contributed by atoms with Crippen LogP contribution in [0.3, 0.4) is 0 Å². The fourth-order valence-corrected chi connectivity index (χ4v) is 0.897. The van der Waals surface area contributed by atoms with Gasteiger partial charge in [-0.2, -0.15) is 0 Å². The standard InChI is InChI=1S/C8H11NO2/c1-2-6-3-4-11-7(5-6)8(9)10/h3-6H,2H2,1H3,(H2,9,10). The number of hydrogen-bond acceptors (Lipinski definition) is 2. The minimum Gasteiger partial charge on any atom is -0.460 e. The Morgan fingerprint density at radius 2 is 2.55 bits per heavy atom. The van der Waals surface area contributed by atoms with Crippen molar-refractivity contribution < 1.29 is 9.53 Å². The van der Waals surface area contributed by atoms with Gasteiger partial charge in [0.2, 0.25) is 0 Å². The first-order valence-electron chi connectivity index (χ1n) is 3.59. The maximum Gasteiger partial charge on any atom is 0.284 e. The minimum absolute atomic E-state index is 0.249. The number of amides is 1. The van der Waals surface area contributed by atoms with E-state index < -0.39 is 5.91 Å². The smallest absolute Gasteiger partial charge is 0.284 e. The van der Waals surface area contributed by atoms with E-state index in [1.807, 2.05) is 13.0 Å². The van der Waals surface area contributed by atoms with Gasteiger partial charge >= 0.3 is 0 Å². The third-order valence-electron chi connectivity index (χ3n) is 1.60. The van der Waals surface area contributed by atoms with E-state index >= 15 is 0 Å². The first-order chi connectivity index (χ1) is 5.24. The molecule has 1 heterocycles. The van der Waals surface area contributed by atoms with Crippen LogP contribution in [0.5, 0.6) is 0 Å². The van der Waals surface area contributed by atoms with Gasteiger partial charge in [0.05, 0.1) is 6.26 Å². The number of rotatable bonds is 2. The van der Waals surface area contributed by atoms with Crippen molar-refractivity contribution in [1.29, 1.82) is 0 Å².